The van der Waals surface area contributed by atoms with Crippen molar-refractivity contribution < 1.29 is 5.11 Å². The number of pyridine rings is 1. The second-order valence-corrected chi connectivity index (χ2v) is 6.42. The van der Waals surface area contributed by atoms with Crippen LogP contribution in [-0.2, 0) is 6.42 Å². The van der Waals surface area contributed by atoms with Gasteiger partial charge in [0.2, 0.25) is 0 Å². The molecule has 1 aromatic carbocycles. The van der Waals surface area contributed by atoms with Crippen LogP contribution in [0.15, 0.2) is 47.8 Å². The third kappa shape index (κ3) is 1.96. The average Bonchev–Trinajstić information content (AvgIpc) is 3.04. The molecule has 0 aliphatic carbocycles. The minimum absolute atomic E-state index is 0.0389. The lowest BCUT2D eigenvalue weighted by molar-refractivity contribution is 0.104. The number of benzene rings is 1. The summed E-state index contributed by atoms with van der Waals surface area (Å²) in [6, 6.07) is 12.0. The van der Waals surface area contributed by atoms with Crippen molar-refractivity contribution in [3.8, 4) is 0 Å². The van der Waals surface area contributed by atoms with Crippen molar-refractivity contribution in [3.63, 3.8) is 0 Å². The molecule has 0 saturated carbocycles. The number of aromatic nitrogens is 3. The molecule has 1 aliphatic rings. The van der Waals surface area contributed by atoms with Gasteiger partial charge in [0.05, 0.1) is 22.0 Å². The van der Waals surface area contributed by atoms with Gasteiger partial charge in [0, 0.05) is 6.20 Å². The zero-order valence-corrected chi connectivity index (χ0v) is 12.5. The lowest BCUT2D eigenvalue weighted by atomic mass is 10.2. The fourth-order valence-electron chi connectivity index (χ4n) is 2.75. The molecule has 1 radical (unpaired) electrons. The van der Waals surface area contributed by atoms with Gasteiger partial charge in [-0.1, -0.05) is 25.1 Å². The van der Waals surface area contributed by atoms with Gasteiger partial charge in [-0.15, -0.1) is 11.8 Å². The molecule has 2 aromatic heterocycles. The van der Waals surface area contributed by atoms with Crippen molar-refractivity contribution >= 4 is 22.8 Å². The maximum Gasteiger partial charge on any atom is 0.159 e. The predicted molar refractivity (Wildman–Crippen MR) is 84.6 cm³/mol. The van der Waals surface area contributed by atoms with E-state index in [0.29, 0.717) is 0 Å². The van der Waals surface area contributed by atoms with E-state index in [1.165, 1.54) is 5.56 Å². The highest BCUT2D eigenvalue weighted by molar-refractivity contribution is 7.99. The fraction of sp³-hybridized carbons (Fsp3) is 0.250. The van der Waals surface area contributed by atoms with Crippen molar-refractivity contribution in [3.05, 3.63) is 53.9 Å². The van der Waals surface area contributed by atoms with Gasteiger partial charge < -0.3 is 5.11 Å². The Morgan fingerprint density at radius 1 is 1.24 bits per heavy atom. The molecule has 4 rings (SSSR count). The van der Waals surface area contributed by atoms with E-state index in [-0.39, 0.29) is 5.25 Å². The van der Waals surface area contributed by atoms with E-state index in [1.54, 1.807) is 0 Å². The van der Waals surface area contributed by atoms with Crippen LogP contribution in [0.25, 0.3) is 11.0 Å². The second kappa shape index (κ2) is 4.86. The fourth-order valence-corrected chi connectivity index (χ4v) is 4.07. The molecule has 4 nitrogen and oxygen atoms in total. The Morgan fingerprint density at radius 3 is 2.86 bits per heavy atom. The van der Waals surface area contributed by atoms with E-state index in [2.05, 4.69) is 23.0 Å². The summed E-state index contributed by atoms with van der Waals surface area (Å²) in [6.45, 7) is 2.11. The minimum Gasteiger partial charge on any atom is -0.372 e. The second-order valence-electron chi connectivity index (χ2n) is 5.20. The van der Waals surface area contributed by atoms with Gasteiger partial charge >= 0.3 is 0 Å². The van der Waals surface area contributed by atoms with Crippen LogP contribution in [0.2, 0.25) is 0 Å². The van der Waals surface area contributed by atoms with Gasteiger partial charge in [-0.3, -0.25) is 9.55 Å². The summed E-state index contributed by atoms with van der Waals surface area (Å²) in [5.41, 5.74) is 4.06. The third-order valence-corrected chi connectivity index (χ3v) is 5.29. The SMILES string of the molecule is CCc1ccc(C2[SH]c3nc4ccccc4n3C2O)nc1. The van der Waals surface area contributed by atoms with Gasteiger partial charge in [-0.2, -0.15) is 0 Å². The largest absolute Gasteiger partial charge is 0.372 e. The Balaban J connectivity index is 1.73. The Morgan fingerprint density at radius 2 is 2.10 bits per heavy atom. The number of hydrogen-bond donors (Lipinski definition) is 2. The molecule has 3 heterocycles. The number of aryl methyl sites for hydroxylation is 1. The maximum absolute atomic E-state index is 10.7. The highest BCUT2D eigenvalue weighted by atomic mass is 32.2. The molecule has 0 amide bonds. The lowest BCUT2D eigenvalue weighted by Crippen LogP contribution is -2.10. The molecule has 3 aromatic rings. The Kier molecular flexibility index (Phi) is 2.97. The highest BCUT2D eigenvalue weighted by Gasteiger charge is 2.35. The van der Waals surface area contributed by atoms with Crippen LogP contribution < -0.4 is 0 Å². The lowest BCUT2D eigenvalue weighted by Gasteiger charge is -2.15. The third-order valence-electron chi connectivity index (χ3n) is 3.94. The van der Waals surface area contributed by atoms with Crippen molar-refractivity contribution in [1.29, 1.82) is 0 Å². The van der Waals surface area contributed by atoms with Crippen molar-refractivity contribution in [1.82, 2.24) is 14.5 Å². The van der Waals surface area contributed by atoms with Crippen molar-refractivity contribution in [2.24, 2.45) is 0 Å². The molecule has 2 unspecified atom stereocenters. The maximum atomic E-state index is 10.7. The zero-order valence-electron chi connectivity index (χ0n) is 11.6. The number of nitrogens with zero attached hydrogens (tertiary/aromatic N) is 3. The smallest absolute Gasteiger partial charge is 0.159 e. The zero-order chi connectivity index (χ0) is 14.4. The average molecular weight is 298 g/mol. The number of aliphatic hydroxyl groups is 1. The number of hydrogen-bond acceptors (Lipinski definition) is 3. The van der Waals surface area contributed by atoms with Crippen LogP contribution in [0.1, 0.15) is 29.7 Å². The molecule has 5 heteroatoms. The number of rotatable bonds is 2. The molecule has 0 fully saturated rings. The first-order valence-corrected chi connectivity index (χ1v) is 8.05. The molecule has 107 valence electrons. The standard InChI is InChI=1S/C16H16N3OS/c1-2-10-7-8-12(17-9-10)14-15(20)19-13-6-4-3-5-11(13)18-16(19)21-14/h3-9,14-15,20-21H,2H2,1H3. The first-order chi connectivity index (χ1) is 10.3. The first kappa shape index (κ1) is 12.9. The first-order valence-electron chi connectivity index (χ1n) is 7.08. The van der Waals surface area contributed by atoms with Gasteiger partial charge in [-0.25, -0.2) is 4.98 Å². The van der Waals surface area contributed by atoms with Crippen molar-refractivity contribution in [2.75, 3.05) is 0 Å². The summed E-state index contributed by atoms with van der Waals surface area (Å²) in [5.74, 6) is 0. The molecule has 21 heavy (non-hydrogen) atoms. The summed E-state index contributed by atoms with van der Waals surface area (Å²) in [4.78, 5) is 9.13. The monoisotopic (exact) mass is 298 g/mol. The number of thiol groups is 1. The van der Waals surface area contributed by atoms with E-state index in [4.69, 9.17) is 0 Å². The van der Waals surface area contributed by atoms with Crippen LogP contribution in [0, 0.1) is 0 Å². The molecule has 2 atom stereocenters. The molecule has 0 bridgehead atoms. The Hall–Kier alpha value is -1.85. The van der Waals surface area contributed by atoms with E-state index < -0.39 is 6.23 Å². The molecule has 0 spiro atoms. The molecule has 1 N–H and O–H groups in total. The summed E-state index contributed by atoms with van der Waals surface area (Å²) in [5, 5.41) is 11.6. The molecular formula is C16H16N3OS. The van der Waals surface area contributed by atoms with Gasteiger partial charge in [-0.05, 0) is 30.2 Å². The van der Waals surface area contributed by atoms with Gasteiger partial charge in [0.15, 0.2) is 5.16 Å². The van der Waals surface area contributed by atoms with Crippen LogP contribution in [0.3, 0.4) is 0 Å². The Labute approximate surface area is 126 Å². The van der Waals surface area contributed by atoms with Crippen molar-refractivity contribution in [2.45, 2.75) is 30.0 Å². The van der Waals surface area contributed by atoms with E-state index in [1.807, 2.05) is 41.1 Å². The minimum atomic E-state index is -0.603. The van der Waals surface area contributed by atoms with E-state index in [0.717, 1.165) is 40.1 Å². The molecular weight excluding hydrogens is 282 g/mol. The normalized spacial score (nSPS) is 20.9. The number of aliphatic hydroxyl groups excluding tert-OH is 1. The highest BCUT2D eigenvalue weighted by Crippen LogP contribution is 2.49. The topological polar surface area (TPSA) is 50.9 Å². The summed E-state index contributed by atoms with van der Waals surface area (Å²) in [7, 11) is 0. The van der Waals surface area contributed by atoms with Crippen LogP contribution in [-0.4, -0.2) is 19.6 Å². The quantitative estimate of drug-likeness (QED) is 0.715. The van der Waals surface area contributed by atoms with Gasteiger partial charge in [0.25, 0.3) is 0 Å². The summed E-state index contributed by atoms with van der Waals surface area (Å²) >= 11 is 1.01. The Bertz CT molecular complexity index is 797. The summed E-state index contributed by atoms with van der Waals surface area (Å²) < 4.78 is 1.93. The predicted octanol–water partition coefficient (Wildman–Crippen LogP) is 3.06. The number of para-hydroxylation sites is 2. The van der Waals surface area contributed by atoms with E-state index >= 15 is 0 Å². The number of fused-ring (bicyclic) bond motifs is 3. The van der Waals surface area contributed by atoms with E-state index in [9.17, 15) is 5.11 Å². The van der Waals surface area contributed by atoms with Gasteiger partial charge in [0.1, 0.15) is 6.23 Å². The summed E-state index contributed by atoms with van der Waals surface area (Å²) in [6.07, 6.45) is 2.27. The van der Waals surface area contributed by atoms with Crippen LogP contribution in [0.4, 0.5) is 0 Å². The molecule has 0 saturated heterocycles. The number of imidazole rings is 1. The molecule has 1 aliphatic heterocycles. The van der Waals surface area contributed by atoms with Crippen LogP contribution in [0.5, 0.6) is 0 Å². The van der Waals surface area contributed by atoms with Crippen LogP contribution >= 0.6 is 11.8 Å².